The number of aromatic nitrogens is 1. The van der Waals surface area contributed by atoms with Gasteiger partial charge in [0, 0.05) is 18.2 Å². The van der Waals surface area contributed by atoms with Crippen LogP contribution in [-0.2, 0) is 11.3 Å². The molecule has 0 unspecified atom stereocenters. The van der Waals surface area contributed by atoms with Gasteiger partial charge in [-0.15, -0.1) is 13.2 Å². The number of rotatable bonds is 6. The molecule has 29 heavy (non-hydrogen) atoms. The summed E-state index contributed by atoms with van der Waals surface area (Å²) in [6.07, 6.45) is -4.79. The van der Waals surface area contributed by atoms with Gasteiger partial charge in [0.15, 0.2) is 5.13 Å². The minimum Gasteiger partial charge on any atom is -0.406 e. The molecule has 0 aliphatic rings. The second kappa shape index (κ2) is 8.45. The summed E-state index contributed by atoms with van der Waals surface area (Å²) in [7, 11) is 0. The third kappa shape index (κ3) is 5.42. The molecule has 1 heterocycles. The Labute approximate surface area is 166 Å². The average molecular weight is 424 g/mol. The molecule has 2 amide bonds. The highest BCUT2D eigenvalue weighted by molar-refractivity contribution is 7.22. The Hall–Kier alpha value is -3.18. The molecule has 3 rings (SSSR count). The minimum absolute atomic E-state index is 0.123. The number of hydrogen-bond donors (Lipinski definition) is 3. The van der Waals surface area contributed by atoms with Crippen LogP contribution < -0.4 is 21.1 Å². The fourth-order valence-electron chi connectivity index (χ4n) is 2.48. The summed E-state index contributed by atoms with van der Waals surface area (Å²) in [5.74, 6) is -1.19. The van der Waals surface area contributed by atoms with Crippen molar-refractivity contribution in [2.24, 2.45) is 5.73 Å². The maximum atomic E-state index is 12.6. The third-order valence-corrected chi connectivity index (χ3v) is 4.67. The zero-order valence-electron chi connectivity index (χ0n) is 14.7. The maximum absolute atomic E-state index is 12.6. The molecule has 0 radical (unpaired) electrons. The van der Waals surface area contributed by atoms with Crippen LogP contribution in [0.5, 0.6) is 5.75 Å². The van der Waals surface area contributed by atoms with Crippen molar-refractivity contribution in [2.75, 3.05) is 11.9 Å². The van der Waals surface area contributed by atoms with Crippen LogP contribution in [0.4, 0.5) is 18.3 Å². The SMILES string of the molecule is NCC(=O)NCc1ccccc1C(=O)Nc1nc2ccc(OC(F)(F)F)cc2s1. The zero-order valence-corrected chi connectivity index (χ0v) is 15.6. The van der Waals surface area contributed by atoms with Gasteiger partial charge in [0.05, 0.1) is 16.8 Å². The number of nitrogens with zero attached hydrogens (tertiary/aromatic N) is 1. The summed E-state index contributed by atoms with van der Waals surface area (Å²) in [6.45, 7) is -0.0439. The average Bonchev–Trinajstić information content (AvgIpc) is 3.06. The first-order chi connectivity index (χ1) is 13.7. The number of hydrogen-bond acceptors (Lipinski definition) is 6. The van der Waals surface area contributed by atoms with E-state index in [0.717, 1.165) is 17.4 Å². The Morgan fingerprint density at radius 2 is 1.93 bits per heavy atom. The summed E-state index contributed by atoms with van der Waals surface area (Å²) in [5, 5.41) is 5.43. The van der Waals surface area contributed by atoms with Crippen LogP contribution in [-0.4, -0.2) is 29.7 Å². The number of alkyl halides is 3. The van der Waals surface area contributed by atoms with Crippen LogP contribution in [0, 0.1) is 0 Å². The predicted octanol–water partition coefficient (Wildman–Crippen LogP) is 3.02. The van der Waals surface area contributed by atoms with Crippen molar-refractivity contribution in [2.45, 2.75) is 12.9 Å². The molecule has 0 aliphatic carbocycles. The molecule has 0 atom stereocenters. The fraction of sp³-hybridized carbons (Fsp3) is 0.167. The van der Waals surface area contributed by atoms with Crippen molar-refractivity contribution < 1.29 is 27.5 Å². The highest BCUT2D eigenvalue weighted by Gasteiger charge is 2.31. The molecule has 1 aromatic heterocycles. The van der Waals surface area contributed by atoms with Crippen LogP contribution >= 0.6 is 11.3 Å². The second-order valence-electron chi connectivity index (χ2n) is 5.79. The fourth-order valence-corrected chi connectivity index (χ4v) is 3.37. The first-order valence-corrected chi connectivity index (χ1v) is 9.09. The second-order valence-corrected chi connectivity index (χ2v) is 6.82. The van der Waals surface area contributed by atoms with Gasteiger partial charge in [-0.05, 0) is 23.8 Å². The zero-order chi connectivity index (χ0) is 21.0. The Balaban J connectivity index is 1.77. The Bertz CT molecular complexity index is 1050. The van der Waals surface area contributed by atoms with E-state index in [0.29, 0.717) is 21.3 Å². The van der Waals surface area contributed by atoms with Crippen LogP contribution in [0.25, 0.3) is 10.2 Å². The molecule has 3 aromatic rings. The lowest BCUT2D eigenvalue weighted by Crippen LogP contribution is -2.30. The Kier molecular flexibility index (Phi) is 5.99. The minimum atomic E-state index is -4.79. The van der Waals surface area contributed by atoms with E-state index in [2.05, 4.69) is 20.4 Å². The number of fused-ring (bicyclic) bond motifs is 1. The molecule has 4 N–H and O–H groups in total. The smallest absolute Gasteiger partial charge is 0.406 e. The lowest BCUT2D eigenvalue weighted by molar-refractivity contribution is -0.274. The molecule has 0 saturated carbocycles. The summed E-state index contributed by atoms with van der Waals surface area (Å²) in [4.78, 5) is 28.2. The third-order valence-electron chi connectivity index (χ3n) is 3.74. The summed E-state index contributed by atoms with van der Waals surface area (Å²) in [6, 6.07) is 10.4. The van der Waals surface area contributed by atoms with Gasteiger partial charge in [-0.1, -0.05) is 29.5 Å². The molecule has 0 saturated heterocycles. The Morgan fingerprint density at radius 3 is 2.66 bits per heavy atom. The van der Waals surface area contributed by atoms with Crippen molar-refractivity contribution in [1.82, 2.24) is 10.3 Å². The number of anilines is 1. The van der Waals surface area contributed by atoms with Crippen LogP contribution in [0.1, 0.15) is 15.9 Å². The summed E-state index contributed by atoms with van der Waals surface area (Å²) >= 11 is 1.01. The van der Waals surface area contributed by atoms with Crippen molar-refractivity contribution in [3.63, 3.8) is 0 Å². The lowest BCUT2D eigenvalue weighted by Gasteiger charge is -2.09. The number of nitrogens with one attached hydrogen (secondary N) is 2. The molecule has 0 aliphatic heterocycles. The van der Waals surface area contributed by atoms with E-state index in [1.807, 2.05) is 0 Å². The van der Waals surface area contributed by atoms with E-state index in [4.69, 9.17) is 5.73 Å². The number of carbonyl (C=O) groups is 2. The molecule has 0 fully saturated rings. The van der Waals surface area contributed by atoms with Gasteiger partial charge < -0.3 is 15.8 Å². The first-order valence-electron chi connectivity index (χ1n) is 8.27. The maximum Gasteiger partial charge on any atom is 0.573 e. The van der Waals surface area contributed by atoms with Gasteiger partial charge in [-0.25, -0.2) is 4.98 Å². The van der Waals surface area contributed by atoms with E-state index in [1.165, 1.54) is 12.1 Å². The molecular formula is C18H15F3N4O3S. The van der Waals surface area contributed by atoms with E-state index in [-0.39, 0.29) is 29.9 Å². The molecule has 0 spiro atoms. The van der Waals surface area contributed by atoms with Gasteiger partial charge in [0.25, 0.3) is 5.91 Å². The predicted molar refractivity (Wildman–Crippen MR) is 102 cm³/mol. The van der Waals surface area contributed by atoms with Gasteiger partial charge in [-0.3, -0.25) is 14.9 Å². The van der Waals surface area contributed by atoms with E-state index >= 15 is 0 Å². The highest BCUT2D eigenvalue weighted by Crippen LogP contribution is 2.31. The quantitative estimate of drug-likeness (QED) is 0.564. The molecule has 152 valence electrons. The van der Waals surface area contributed by atoms with Crippen LogP contribution in [0.2, 0.25) is 0 Å². The molecular weight excluding hydrogens is 409 g/mol. The number of ether oxygens (including phenoxy) is 1. The first kappa shape index (κ1) is 20.6. The van der Waals surface area contributed by atoms with Gasteiger partial charge in [0.2, 0.25) is 5.91 Å². The molecule has 2 aromatic carbocycles. The highest BCUT2D eigenvalue weighted by atomic mass is 32.1. The van der Waals surface area contributed by atoms with Gasteiger partial charge in [-0.2, -0.15) is 0 Å². The van der Waals surface area contributed by atoms with Crippen molar-refractivity contribution in [3.05, 3.63) is 53.6 Å². The van der Waals surface area contributed by atoms with Crippen molar-refractivity contribution >= 4 is 38.5 Å². The van der Waals surface area contributed by atoms with Crippen molar-refractivity contribution in [3.8, 4) is 5.75 Å². The standard InChI is InChI=1S/C18H15F3N4O3S/c19-18(20,21)28-11-5-6-13-14(7-11)29-17(24-13)25-16(27)12-4-2-1-3-10(12)9-23-15(26)8-22/h1-7H,8-9,22H2,(H,23,26)(H,24,25,27). The molecule has 11 heteroatoms. The van der Waals surface area contributed by atoms with E-state index in [9.17, 15) is 22.8 Å². The van der Waals surface area contributed by atoms with Crippen LogP contribution in [0.15, 0.2) is 42.5 Å². The molecule has 0 bridgehead atoms. The topological polar surface area (TPSA) is 106 Å². The van der Waals surface area contributed by atoms with E-state index < -0.39 is 12.3 Å². The van der Waals surface area contributed by atoms with Gasteiger partial charge >= 0.3 is 6.36 Å². The number of nitrogens with two attached hydrogens (primary N) is 1. The molecule has 7 nitrogen and oxygen atoms in total. The summed E-state index contributed by atoms with van der Waals surface area (Å²) < 4.78 is 41.4. The number of carbonyl (C=O) groups excluding carboxylic acids is 2. The largest absolute Gasteiger partial charge is 0.573 e. The van der Waals surface area contributed by atoms with Crippen molar-refractivity contribution in [1.29, 1.82) is 0 Å². The Morgan fingerprint density at radius 1 is 1.17 bits per heavy atom. The number of benzene rings is 2. The van der Waals surface area contributed by atoms with Crippen LogP contribution in [0.3, 0.4) is 0 Å². The number of halogens is 3. The number of amides is 2. The van der Waals surface area contributed by atoms with Gasteiger partial charge in [0.1, 0.15) is 5.75 Å². The summed E-state index contributed by atoms with van der Waals surface area (Å²) in [5.41, 5.74) is 6.57. The number of thiazole rings is 1. The monoisotopic (exact) mass is 424 g/mol. The van der Waals surface area contributed by atoms with E-state index in [1.54, 1.807) is 24.3 Å². The normalized spacial score (nSPS) is 11.3. The lowest BCUT2D eigenvalue weighted by atomic mass is 10.1.